The molecule has 1 atom stereocenters. The highest BCUT2D eigenvalue weighted by Crippen LogP contribution is 2.32. The van der Waals surface area contributed by atoms with E-state index in [1.165, 1.54) is 50.5 Å². The van der Waals surface area contributed by atoms with Crippen LogP contribution in [0.3, 0.4) is 0 Å². The largest absolute Gasteiger partial charge is 0.352 e. The van der Waals surface area contributed by atoms with E-state index in [4.69, 9.17) is 0 Å². The van der Waals surface area contributed by atoms with Crippen molar-refractivity contribution in [2.75, 3.05) is 19.6 Å². The molecule has 1 aromatic rings. The van der Waals surface area contributed by atoms with Crippen LogP contribution in [0.4, 0.5) is 0 Å². The predicted molar refractivity (Wildman–Crippen MR) is 97.4 cm³/mol. The van der Waals surface area contributed by atoms with Gasteiger partial charge in [-0.15, -0.1) is 12.4 Å². The highest BCUT2D eigenvalue weighted by molar-refractivity contribution is 5.94. The maximum Gasteiger partial charge on any atom is 0.251 e. The van der Waals surface area contributed by atoms with Gasteiger partial charge in [0.15, 0.2) is 0 Å². The zero-order valence-electron chi connectivity index (χ0n) is 13.9. The Bertz CT molecular complexity index is 477. The molecule has 2 aliphatic rings. The van der Waals surface area contributed by atoms with Gasteiger partial charge in [0, 0.05) is 12.1 Å². The molecule has 1 heterocycles. The standard InChI is InChI=1S/C19H28N2O.ClH/c22-19(21-14-15-5-4-12-20-13-15)18-10-8-17(9-11-18)16-6-2-1-3-7-16;/h8-11,15-16,20H,1-7,12-14H2,(H,21,22);1H. The smallest absolute Gasteiger partial charge is 0.251 e. The van der Waals surface area contributed by atoms with Crippen molar-refractivity contribution in [3.05, 3.63) is 35.4 Å². The molecule has 1 aliphatic carbocycles. The van der Waals surface area contributed by atoms with Crippen LogP contribution in [0.1, 0.15) is 66.8 Å². The van der Waals surface area contributed by atoms with E-state index in [1.54, 1.807) is 0 Å². The Morgan fingerprint density at radius 2 is 1.78 bits per heavy atom. The summed E-state index contributed by atoms with van der Waals surface area (Å²) in [5, 5.41) is 6.48. The number of hydrogen-bond acceptors (Lipinski definition) is 2. The first-order valence-electron chi connectivity index (χ1n) is 8.92. The van der Waals surface area contributed by atoms with Crippen molar-refractivity contribution in [2.24, 2.45) is 5.92 Å². The number of halogens is 1. The first kappa shape index (κ1) is 18.3. The Morgan fingerprint density at radius 3 is 2.43 bits per heavy atom. The van der Waals surface area contributed by atoms with Gasteiger partial charge in [0.05, 0.1) is 0 Å². The lowest BCUT2D eigenvalue weighted by atomic mass is 9.84. The lowest BCUT2D eigenvalue weighted by Gasteiger charge is -2.23. The van der Waals surface area contributed by atoms with E-state index in [0.29, 0.717) is 11.8 Å². The Labute approximate surface area is 146 Å². The minimum Gasteiger partial charge on any atom is -0.352 e. The highest BCUT2D eigenvalue weighted by Gasteiger charge is 2.17. The summed E-state index contributed by atoms with van der Waals surface area (Å²) < 4.78 is 0. The van der Waals surface area contributed by atoms with Crippen LogP contribution in [0.25, 0.3) is 0 Å². The predicted octanol–water partition coefficient (Wildman–Crippen LogP) is 3.89. The number of benzene rings is 1. The van der Waals surface area contributed by atoms with E-state index in [1.807, 2.05) is 12.1 Å². The molecule has 2 N–H and O–H groups in total. The zero-order chi connectivity index (χ0) is 15.2. The number of amides is 1. The number of hydrogen-bond donors (Lipinski definition) is 2. The third kappa shape index (κ3) is 5.22. The Kier molecular flexibility index (Phi) is 7.38. The van der Waals surface area contributed by atoms with Gasteiger partial charge in [-0.1, -0.05) is 31.4 Å². The van der Waals surface area contributed by atoms with E-state index in [2.05, 4.69) is 22.8 Å². The molecule has 1 aliphatic heterocycles. The first-order valence-corrected chi connectivity index (χ1v) is 8.92. The van der Waals surface area contributed by atoms with Crippen LogP contribution < -0.4 is 10.6 Å². The van der Waals surface area contributed by atoms with E-state index in [-0.39, 0.29) is 18.3 Å². The van der Waals surface area contributed by atoms with Gasteiger partial charge >= 0.3 is 0 Å². The summed E-state index contributed by atoms with van der Waals surface area (Å²) >= 11 is 0. The average Bonchev–Trinajstić information content (AvgIpc) is 2.61. The van der Waals surface area contributed by atoms with Crippen LogP contribution in [0, 0.1) is 5.92 Å². The van der Waals surface area contributed by atoms with Gasteiger partial charge in [-0.3, -0.25) is 4.79 Å². The summed E-state index contributed by atoms with van der Waals surface area (Å²) in [6.07, 6.45) is 9.13. The molecule has 4 heteroatoms. The van der Waals surface area contributed by atoms with Crippen LogP contribution in [0.5, 0.6) is 0 Å². The maximum absolute atomic E-state index is 12.2. The van der Waals surface area contributed by atoms with Crippen molar-refractivity contribution in [3.63, 3.8) is 0 Å². The van der Waals surface area contributed by atoms with Crippen LogP contribution in [-0.4, -0.2) is 25.5 Å². The van der Waals surface area contributed by atoms with Crippen molar-refractivity contribution >= 4 is 18.3 Å². The molecular weight excluding hydrogens is 308 g/mol. The van der Waals surface area contributed by atoms with Gasteiger partial charge in [0.25, 0.3) is 5.91 Å². The molecule has 23 heavy (non-hydrogen) atoms. The normalized spacial score (nSPS) is 22.2. The third-order valence-corrected chi connectivity index (χ3v) is 5.20. The van der Waals surface area contributed by atoms with Gasteiger partial charge in [-0.2, -0.15) is 0 Å². The molecule has 1 unspecified atom stereocenters. The third-order valence-electron chi connectivity index (χ3n) is 5.20. The van der Waals surface area contributed by atoms with Gasteiger partial charge in [-0.25, -0.2) is 0 Å². The fraction of sp³-hybridized carbons (Fsp3) is 0.632. The quantitative estimate of drug-likeness (QED) is 0.876. The monoisotopic (exact) mass is 336 g/mol. The summed E-state index contributed by atoms with van der Waals surface area (Å²) in [6, 6.07) is 8.32. The number of nitrogens with one attached hydrogen (secondary N) is 2. The molecule has 3 rings (SSSR count). The van der Waals surface area contributed by atoms with Crippen LogP contribution in [-0.2, 0) is 0 Å². The van der Waals surface area contributed by atoms with Gasteiger partial charge in [0.2, 0.25) is 0 Å². The lowest BCUT2D eigenvalue weighted by Crippen LogP contribution is -2.38. The molecule has 3 nitrogen and oxygen atoms in total. The van der Waals surface area contributed by atoms with Crippen molar-refractivity contribution < 1.29 is 4.79 Å². The minimum absolute atomic E-state index is 0. The topological polar surface area (TPSA) is 41.1 Å². The summed E-state index contributed by atoms with van der Waals surface area (Å²) in [7, 11) is 0. The lowest BCUT2D eigenvalue weighted by molar-refractivity contribution is 0.0945. The molecule has 1 aromatic carbocycles. The molecule has 128 valence electrons. The van der Waals surface area contributed by atoms with E-state index in [9.17, 15) is 4.79 Å². The van der Waals surface area contributed by atoms with Gasteiger partial charge in [0.1, 0.15) is 0 Å². The molecule has 1 saturated heterocycles. The highest BCUT2D eigenvalue weighted by atomic mass is 35.5. The van der Waals surface area contributed by atoms with E-state index in [0.717, 1.165) is 25.2 Å². The number of rotatable bonds is 4. The summed E-state index contributed by atoms with van der Waals surface area (Å²) in [5.74, 6) is 1.36. The molecule has 0 aromatic heterocycles. The molecule has 1 amide bonds. The minimum atomic E-state index is 0. The van der Waals surface area contributed by atoms with Gasteiger partial charge < -0.3 is 10.6 Å². The summed E-state index contributed by atoms with van der Waals surface area (Å²) in [5.41, 5.74) is 2.20. The Balaban J connectivity index is 0.00000192. The number of piperidine rings is 1. The van der Waals surface area contributed by atoms with E-state index < -0.39 is 0 Å². The molecule has 0 bridgehead atoms. The molecule has 1 saturated carbocycles. The second-order valence-electron chi connectivity index (χ2n) is 6.88. The molecular formula is C19H29ClN2O. The fourth-order valence-electron chi connectivity index (χ4n) is 3.78. The zero-order valence-corrected chi connectivity index (χ0v) is 14.7. The van der Waals surface area contributed by atoms with Crippen molar-refractivity contribution in [1.29, 1.82) is 0 Å². The molecule has 0 spiro atoms. The van der Waals surface area contributed by atoms with Crippen molar-refractivity contribution in [2.45, 2.75) is 50.9 Å². The molecule has 0 radical (unpaired) electrons. The Morgan fingerprint density at radius 1 is 1.04 bits per heavy atom. The van der Waals surface area contributed by atoms with Crippen molar-refractivity contribution in [3.8, 4) is 0 Å². The van der Waals surface area contributed by atoms with E-state index >= 15 is 0 Å². The number of carbonyl (C=O) groups excluding carboxylic acids is 1. The average molecular weight is 337 g/mol. The second-order valence-corrected chi connectivity index (χ2v) is 6.88. The maximum atomic E-state index is 12.2. The molecule has 2 fully saturated rings. The van der Waals surface area contributed by atoms with Crippen LogP contribution >= 0.6 is 12.4 Å². The summed E-state index contributed by atoms with van der Waals surface area (Å²) in [6.45, 7) is 2.93. The van der Waals surface area contributed by atoms with Gasteiger partial charge in [-0.05, 0) is 68.3 Å². The number of carbonyl (C=O) groups is 1. The fourth-order valence-corrected chi connectivity index (χ4v) is 3.78. The Hall–Kier alpha value is -1.06. The van der Waals surface area contributed by atoms with Crippen LogP contribution in [0.2, 0.25) is 0 Å². The first-order chi connectivity index (χ1) is 10.8. The SMILES string of the molecule is Cl.O=C(NCC1CCCNC1)c1ccc(C2CCCCC2)cc1. The summed E-state index contributed by atoms with van der Waals surface area (Å²) in [4.78, 5) is 12.2. The van der Waals surface area contributed by atoms with Crippen molar-refractivity contribution in [1.82, 2.24) is 10.6 Å². The second kappa shape index (κ2) is 9.29. The van der Waals surface area contributed by atoms with Crippen LogP contribution in [0.15, 0.2) is 24.3 Å².